The lowest BCUT2D eigenvalue weighted by atomic mass is 10.3. The molecule has 7 nitrogen and oxygen atoms in total. The molecule has 0 saturated carbocycles. The first-order valence-electron chi connectivity index (χ1n) is 8.38. The standard InChI is InChI=1S/C18H24N4O3S/c1-14-11-16(21-25-14)20-18(24)13-26-12-17(23)19-9-6-10-22(2)15-7-4-3-5-8-15/h3-5,7-8,11H,6,9-10,12-13H2,1-2H3,(H,19,23)(H,20,21,24). The molecule has 140 valence electrons. The molecule has 0 fully saturated rings. The maximum absolute atomic E-state index is 11.8. The Morgan fingerprint density at radius 1 is 1.19 bits per heavy atom. The number of thioether (sulfide) groups is 1. The highest BCUT2D eigenvalue weighted by Crippen LogP contribution is 2.11. The van der Waals surface area contributed by atoms with Crippen LogP contribution in [0.5, 0.6) is 0 Å². The minimum Gasteiger partial charge on any atom is -0.375 e. The van der Waals surface area contributed by atoms with Gasteiger partial charge in [-0.15, -0.1) is 11.8 Å². The third-order valence-electron chi connectivity index (χ3n) is 3.55. The highest BCUT2D eigenvalue weighted by Gasteiger charge is 2.08. The summed E-state index contributed by atoms with van der Waals surface area (Å²) >= 11 is 1.26. The Kier molecular flexibility index (Phi) is 8.01. The Balaban J connectivity index is 1.53. The topological polar surface area (TPSA) is 87.5 Å². The lowest BCUT2D eigenvalue weighted by Gasteiger charge is -2.19. The van der Waals surface area contributed by atoms with Crippen molar-refractivity contribution in [3.05, 3.63) is 42.2 Å². The molecular weight excluding hydrogens is 352 g/mol. The molecule has 0 saturated heterocycles. The van der Waals surface area contributed by atoms with Crippen molar-refractivity contribution in [2.24, 2.45) is 0 Å². The smallest absolute Gasteiger partial charge is 0.235 e. The van der Waals surface area contributed by atoms with Crippen LogP contribution in [0, 0.1) is 6.92 Å². The third-order valence-corrected chi connectivity index (χ3v) is 4.48. The van der Waals surface area contributed by atoms with E-state index in [0.717, 1.165) is 18.7 Å². The molecule has 2 rings (SSSR count). The number of carbonyl (C=O) groups excluding carboxylic acids is 2. The first kappa shape index (κ1) is 19.8. The molecule has 0 atom stereocenters. The summed E-state index contributed by atoms with van der Waals surface area (Å²) in [6.45, 7) is 3.22. The number of amides is 2. The number of benzene rings is 1. The van der Waals surface area contributed by atoms with Crippen LogP contribution in [0.25, 0.3) is 0 Å². The molecule has 0 spiro atoms. The third kappa shape index (κ3) is 7.18. The van der Waals surface area contributed by atoms with Gasteiger partial charge in [-0.05, 0) is 25.5 Å². The molecule has 2 aromatic rings. The first-order chi connectivity index (χ1) is 12.5. The van der Waals surface area contributed by atoms with Crippen LogP contribution in [0.4, 0.5) is 11.5 Å². The van der Waals surface area contributed by atoms with Crippen molar-refractivity contribution >= 4 is 35.1 Å². The maximum Gasteiger partial charge on any atom is 0.235 e. The van der Waals surface area contributed by atoms with Crippen LogP contribution in [0.15, 0.2) is 40.9 Å². The number of nitrogens with zero attached hydrogens (tertiary/aromatic N) is 2. The second-order valence-electron chi connectivity index (χ2n) is 5.82. The molecule has 0 radical (unpaired) electrons. The fraction of sp³-hybridized carbons (Fsp3) is 0.389. The van der Waals surface area contributed by atoms with Gasteiger partial charge >= 0.3 is 0 Å². The van der Waals surface area contributed by atoms with Crippen LogP contribution >= 0.6 is 11.8 Å². The van der Waals surface area contributed by atoms with Crippen LogP contribution in [-0.2, 0) is 9.59 Å². The second-order valence-corrected chi connectivity index (χ2v) is 6.81. The summed E-state index contributed by atoms with van der Waals surface area (Å²) in [6, 6.07) is 11.8. The van der Waals surface area contributed by atoms with Gasteiger partial charge in [0.1, 0.15) is 5.76 Å². The minimum absolute atomic E-state index is 0.0672. The number of anilines is 2. The zero-order chi connectivity index (χ0) is 18.8. The lowest BCUT2D eigenvalue weighted by Crippen LogP contribution is -2.29. The van der Waals surface area contributed by atoms with E-state index >= 15 is 0 Å². The molecule has 0 aliphatic rings. The molecule has 0 bridgehead atoms. The van der Waals surface area contributed by atoms with Crippen LogP contribution in [0.1, 0.15) is 12.2 Å². The van der Waals surface area contributed by atoms with E-state index in [-0.39, 0.29) is 23.3 Å². The summed E-state index contributed by atoms with van der Waals surface area (Å²) in [7, 11) is 2.03. The van der Waals surface area contributed by atoms with Crippen molar-refractivity contribution < 1.29 is 14.1 Å². The highest BCUT2D eigenvalue weighted by molar-refractivity contribution is 8.00. The van der Waals surface area contributed by atoms with Gasteiger partial charge in [-0.3, -0.25) is 9.59 Å². The first-order valence-corrected chi connectivity index (χ1v) is 9.54. The normalized spacial score (nSPS) is 10.4. The molecule has 1 aromatic heterocycles. The zero-order valence-corrected chi connectivity index (χ0v) is 15.8. The SMILES string of the molecule is Cc1cc(NC(=O)CSCC(=O)NCCCN(C)c2ccccc2)no1. The van der Waals surface area contributed by atoms with E-state index in [1.54, 1.807) is 13.0 Å². The van der Waals surface area contributed by atoms with Crippen molar-refractivity contribution in [1.29, 1.82) is 0 Å². The Hall–Kier alpha value is -2.48. The average Bonchev–Trinajstić information content (AvgIpc) is 3.04. The second kappa shape index (κ2) is 10.5. The Bertz CT molecular complexity index is 705. The summed E-state index contributed by atoms with van der Waals surface area (Å²) in [5, 5.41) is 9.17. The van der Waals surface area contributed by atoms with E-state index in [2.05, 4.69) is 32.8 Å². The summed E-state index contributed by atoms with van der Waals surface area (Å²) < 4.78 is 4.87. The monoisotopic (exact) mass is 376 g/mol. The van der Waals surface area contributed by atoms with Gasteiger partial charge in [-0.25, -0.2) is 0 Å². The molecular formula is C18H24N4O3S. The number of nitrogens with one attached hydrogen (secondary N) is 2. The van der Waals surface area contributed by atoms with Crippen molar-refractivity contribution in [3.63, 3.8) is 0 Å². The number of rotatable bonds is 10. The van der Waals surface area contributed by atoms with E-state index < -0.39 is 0 Å². The summed E-state index contributed by atoms with van der Waals surface area (Å²) in [4.78, 5) is 25.7. The molecule has 0 aliphatic carbocycles. The van der Waals surface area contributed by atoms with E-state index in [0.29, 0.717) is 18.1 Å². The Morgan fingerprint density at radius 3 is 2.62 bits per heavy atom. The largest absolute Gasteiger partial charge is 0.375 e. The van der Waals surface area contributed by atoms with E-state index in [4.69, 9.17) is 4.52 Å². The molecule has 26 heavy (non-hydrogen) atoms. The molecule has 1 heterocycles. The van der Waals surface area contributed by atoms with Gasteiger partial charge in [0.25, 0.3) is 0 Å². The fourth-order valence-electron chi connectivity index (χ4n) is 2.25. The summed E-state index contributed by atoms with van der Waals surface area (Å²) in [5.41, 5.74) is 1.16. The van der Waals surface area contributed by atoms with Gasteiger partial charge < -0.3 is 20.1 Å². The van der Waals surface area contributed by atoms with Gasteiger partial charge in [0.2, 0.25) is 11.8 Å². The average molecular weight is 376 g/mol. The van der Waals surface area contributed by atoms with Crippen LogP contribution in [-0.4, -0.2) is 48.6 Å². The zero-order valence-electron chi connectivity index (χ0n) is 15.0. The van der Waals surface area contributed by atoms with E-state index in [1.807, 2.05) is 25.2 Å². The van der Waals surface area contributed by atoms with Crippen molar-refractivity contribution in [2.75, 3.05) is 41.9 Å². The lowest BCUT2D eigenvalue weighted by molar-refractivity contribution is -0.118. The fourth-order valence-corrected chi connectivity index (χ4v) is 2.89. The van der Waals surface area contributed by atoms with Crippen molar-refractivity contribution in [2.45, 2.75) is 13.3 Å². The van der Waals surface area contributed by atoms with E-state index in [9.17, 15) is 9.59 Å². The number of hydrogen-bond donors (Lipinski definition) is 2. The number of hydrogen-bond acceptors (Lipinski definition) is 6. The van der Waals surface area contributed by atoms with Crippen LogP contribution in [0.3, 0.4) is 0 Å². The summed E-state index contributed by atoms with van der Waals surface area (Å²) in [6.07, 6.45) is 0.855. The predicted molar refractivity (Wildman–Crippen MR) is 105 cm³/mol. The van der Waals surface area contributed by atoms with Gasteiger partial charge in [-0.1, -0.05) is 23.4 Å². The maximum atomic E-state index is 11.8. The van der Waals surface area contributed by atoms with Gasteiger partial charge in [-0.2, -0.15) is 0 Å². The summed E-state index contributed by atoms with van der Waals surface area (Å²) in [5.74, 6) is 1.18. The molecule has 0 unspecified atom stereocenters. The Labute approximate surface area is 157 Å². The van der Waals surface area contributed by atoms with Gasteiger partial charge in [0, 0.05) is 31.9 Å². The molecule has 8 heteroatoms. The van der Waals surface area contributed by atoms with Crippen LogP contribution in [0.2, 0.25) is 0 Å². The quantitative estimate of drug-likeness (QED) is 0.619. The number of para-hydroxylation sites is 1. The van der Waals surface area contributed by atoms with Gasteiger partial charge in [0.15, 0.2) is 5.82 Å². The highest BCUT2D eigenvalue weighted by atomic mass is 32.2. The molecule has 0 aliphatic heterocycles. The van der Waals surface area contributed by atoms with E-state index in [1.165, 1.54) is 11.8 Å². The van der Waals surface area contributed by atoms with Crippen molar-refractivity contribution in [1.82, 2.24) is 10.5 Å². The molecule has 2 N–H and O–H groups in total. The molecule has 1 aromatic carbocycles. The van der Waals surface area contributed by atoms with Crippen molar-refractivity contribution in [3.8, 4) is 0 Å². The minimum atomic E-state index is -0.208. The van der Waals surface area contributed by atoms with Gasteiger partial charge in [0.05, 0.1) is 11.5 Å². The number of aromatic nitrogens is 1. The predicted octanol–water partition coefficient (Wildman–Crippen LogP) is 2.30. The number of aryl methyl sites for hydroxylation is 1. The number of carbonyl (C=O) groups is 2. The Morgan fingerprint density at radius 2 is 1.92 bits per heavy atom. The molecule has 2 amide bonds. The van der Waals surface area contributed by atoms with Crippen LogP contribution < -0.4 is 15.5 Å².